The Bertz CT molecular complexity index is 606. The number of hydrogen-bond donors (Lipinski definition) is 0. The summed E-state index contributed by atoms with van der Waals surface area (Å²) in [6, 6.07) is 0. The van der Waals surface area contributed by atoms with Gasteiger partial charge in [-0.15, -0.1) is 44.3 Å². The maximum absolute atomic E-state index is 5.49. The van der Waals surface area contributed by atoms with Gasteiger partial charge in [0.2, 0.25) is 0 Å². The maximum Gasteiger partial charge on any atom is 0.0286 e. The molecule has 3 atom stereocenters. The van der Waals surface area contributed by atoms with Gasteiger partial charge in [-0.2, -0.15) is 0 Å². The van der Waals surface area contributed by atoms with Crippen LogP contribution in [0, 0.1) is 54.3 Å². The summed E-state index contributed by atoms with van der Waals surface area (Å²) < 4.78 is 0. The molecule has 1 aliphatic carbocycles. The lowest BCUT2D eigenvalue weighted by atomic mass is 9.88. The van der Waals surface area contributed by atoms with Crippen LogP contribution in [-0.2, 0) is 0 Å². The van der Waals surface area contributed by atoms with Crippen LogP contribution >= 0.6 is 37.2 Å². The highest BCUT2D eigenvalue weighted by Gasteiger charge is 2.32. The zero-order valence-electron chi connectivity index (χ0n) is 17.2. The van der Waals surface area contributed by atoms with E-state index in [1.165, 1.54) is 24.8 Å². The SMILES string of the molecule is C#CC(=C)CC(C#C)CCC(=C)C.C#CC1(C)CCC(CC(=C)C)C1.II. The molecule has 0 nitrogen and oxygen atoms in total. The van der Waals surface area contributed by atoms with Gasteiger partial charge >= 0.3 is 0 Å². The molecule has 0 saturated heterocycles. The Kier molecular flexibility index (Phi) is 17.3. The lowest BCUT2D eigenvalue weighted by Gasteiger charge is -2.16. The summed E-state index contributed by atoms with van der Waals surface area (Å²) in [6.45, 7) is 17.8. The predicted octanol–water partition coefficient (Wildman–Crippen LogP) is 8.34. The Morgan fingerprint density at radius 1 is 1.15 bits per heavy atom. The summed E-state index contributed by atoms with van der Waals surface area (Å²) in [5.41, 5.74) is 3.41. The number of terminal acetylenes is 3. The molecule has 0 N–H and O–H groups in total. The summed E-state index contributed by atoms with van der Waals surface area (Å²) >= 11 is 4.24. The summed E-state index contributed by atoms with van der Waals surface area (Å²) in [6.07, 6.45) is 23.5. The molecular weight excluding hydrogens is 554 g/mol. The van der Waals surface area contributed by atoms with E-state index >= 15 is 0 Å². The van der Waals surface area contributed by atoms with Gasteiger partial charge in [-0.25, -0.2) is 0 Å². The molecule has 0 aliphatic heterocycles. The van der Waals surface area contributed by atoms with Crippen molar-refractivity contribution in [3.8, 4) is 37.0 Å². The topological polar surface area (TPSA) is 0 Å². The van der Waals surface area contributed by atoms with Gasteiger partial charge < -0.3 is 0 Å². The molecule has 1 rings (SSSR count). The third-order valence-corrected chi connectivity index (χ3v) is 4.68. The van der Waals surface area contributed by atoms with E-state index in [1.807, 2.05) is 6.92 Å². The molecule has 1 saturated carbocycles. The molecule has 0 aromatic rings. The highest BCUT2D eigenvalue weighted by atomic mass is 128. The molecule has 0 bridgehead atoms. The first-order valence-corrected chi connectivity index (χ1v) is 15.5. The van der Waals surface area contributed by atoms with Gasteiger partial charge in [0, 0.05) is 48.6 Å². The Morgan fingerprint density at radius 2 is 1.74 bits per heavy atom. The van der Waals surface area contributed by atoms with Crippen molar-refractivity contribution in [3.05, 3.63) is 36.5 Å². The van der Waals surface area contributed by atoms with Gasteiger partial charge in [0.25, 0.3) is 0 Å². The highest BCUT2D eigenvalue weighted by Crippen LogP contribution is 2.43. The summed E-state index contributed by atoms with van der Waals surface area (Å²) in [4.78, 5) is 0. The van der Waals surface area contributed by atoms with E-state index in [-0.39, 0.29) is 11.3 Å². The third kappa shape index (κ3) is 15.0. The Labute approximate surface area is 192 Å². The minimum absolute atomic E-state index is 0.181. The second-order valence-corrected chi connectivity index (χ2v) is 7.79. The molecule has 2 heteroatoms. The monoisotopic (exact) mass is 588 g/mol. The summed E-state index contributed by atoms with van der Waals surface area (Å²) in [5.74, 6) is 9.15. The van der Waals surface area contributed by atoms with Crippen LogP contribution in [-0.4, -0.2) is 0 Å². The Balaban J connectivity index is 0. The van der Waals surface area contributed by atoms with Crippen LogP contribution < -0.4 is 0 Å². The van der Waals surface area contributed by atoms with Crippen LogP contribution in [0.25, 0.3) is 0 Å². The first-order chi connectivity index (χ1) is 12.7. The molecule has 0 spiro atoms. The van der Waals surface area contributed by atoms with E-state index < -0.39 is 0 Å². The molecule has 0 heterocycles. The van der Waals surface area contributed by atoms with Crippen LogP contribution in [0.4, 0.5) is 0 Å². The van der Waals surface area contributed by atoms with Crippen LogP contribution in [0.2, 0.25) is 0 Å². The highest BCUT2D eigenvalue weighted by molar-refractivity contribution is 15.0. The van der Waals surface area contributed by atoms with Crippen molar-refractivity contribution >= 4 is 37.2 Å². The molecule has 0 amide bonds. The van der Waals surface area contributed by atoms with Gasteiger partial charge in [-0.05, 0) is 77.2 Å². The third-order valence-electron chi connectivity index (χ3n) is 4.68. The lowest BCUT2D eigenvalue weighted by Crippen LogP contribution is -2.08. The summed E-state index contributed by atoms with van der Waals surface area (Å²) in [5, 5.41) is 0. The van der Waals surface area contributed by atoms with E-state index in [9.17, 15) is 0 Å². The van der Waals surface area contributed by atoms with E-state index in [0.717, 1.165) is 42.7 Å². The van der Waals surface area contributed by atoms with E-state index in [1.54, 1.807) is 0 Å². The van der Waals surface area contributed by atoms with Crippen LogP contribution in [0.5, 0.6) is 0 Å². The number of rotatable bonds is 7. The standard InChI is InChI=1S/C13H16.C12H18.I2/c1-6-12(5)10-13(7-2)9-8-11(3)4;1-5-12(4)7-6-11(9-12)8-10(2)3;1-2/h1-2,13H,3,5,8-10H2,4H3;1,11H,2,6-9H2,3-4H3;. The lowest BCUT2D eigenvalue weighted by molar-refractivity contribution is 0.432. The minimum atomic E-state index is 0.181. The average Bonchev–Trinajstić information content (AvgIpc) is 3.01. The van der Waals surface area contributed by atoms with Crippen molar-refractivity contribution in [3.63, 3.8) is 0 Å². The van der Waals surface area contributed by atoms with Crippen molar-refractivity contribution in [2.45, 2.75) is 65.7 Å². The normalized spacial score (nSPS) is 20.9. The fourth-order valence-electron chi connectivity index (χ4n) is 3.18. The molecule has 1 aliphatic rings. The molecule has 0 aromatic heterocycles. The first kappa shape index (κ1) is 28.6. The molecule has 148 valence electrons. The molecule has 0 radical (unpaired) electrons. The molecule has 0 aromatic carbocycles. The zero-order chi connectivity index (χ0) is 21.5. The van der Waals surface area contributed by atoms with Crippen molar-refractivity contribution in [1.29, 1.82) is 0 Å². The quantitative estimate of drug-likeness (QED) is 0.159. The van der Waals surface area contributed by atoms with Gasteiger partial charge in [0.1, 0.15) is 0 Å². The van der Waals surface area contributed by atoms with Crippen molar-refractivity contribution in [1.82, 2.24) is 0 Å². The summed E-state index contributed by atoms with van der Waals surface area (Å²) in [7, 11) is 0. The van der Waals surface area contributed by atoms with E-state index in [4.69, 9.17) is 19.3 Å². The zero-order valence-corrected chi connectivity index (χ0v) is 21.5. The number of hydrogen-bond acceptors (Lipinski definition) is 0. The Hall–Kier alpha value is -0.640. The van der Waals surface area contributed by atoms with Gasteiger partial charge in [0.05, 0.1) is 0 Å². The van der Waals surface area contributed by atoms with Crippen molar-refractivity contribution in [2.24, 2.45) is 17.3 Å². The van der Waals surface area contributed by atoms with Crippen LogP contribution in [0.15, 0.2) is 36.5 Å². The molecule has 27 heavy (non-hydrogen) atoms. The fourth-order valence-corrected chi connectivity index (χ4v) is 3.18. The van der Waals surface area contributed by atoms with Gasteiger partial charge in [-0.3, -0.25) is 0 Å². The minimum Gasteiger partial charge on any atom is -0.120 e. The largest absolute Gasteiger partial charge is 0.120 e. The van der Waals surface area contributed by atoms with Gasteiger partial charge in [-0.1, -0.05) is 23.6 Å². The van der Waals surface area contributed by atoms with Gasteiger partial charge in [0.15, 0.2) is 0 Å². The molecular formula is C25H34I2. The second-order valence-electron chi connectivity index (χ2n) is 7.79. The van der Waals surface area contributed by atoms with E-state index in [2.05, 4.69) is 88.6 Å². The number of halogens is 2. The first-order valence-electron chi connectivity index (χ1n) is 9.17. The smallest absolute Gasteiger partial charge is 0.0286 e. The van der Waals surface area contributed by atoms with Crippen molar-refractivity contribution in [2.75, 3.05) is 0 Å². The molecule has 3 unspecified atom stereocenters. The number of allylic oxidation sites excluding steroid dienone is 3. The molecule has 1 fully saturated rings. The average molecular weight is 588 g/mol. The van der Waals surface area contributed by atoms with Crippen LogP contribution in [0.3, 0.4) is 0 Å². The fraction of sp³-hybridized carbons (Fsp3) is 0.520. The van der Waals surface area contributed by atoms with Crippen molar-refractivity contribution < 1.29 is 0 Å². The second kappa shape index (κ2) is 16.3. The maximum atomic E-state index is 5.49. The van der Waals surface area contributed by atoms with Crippen LogP contribution in [0.1, 0.15) is 65.7 Å². The predicted molar refractivity (Wildman–Crippen MR) is 141 cm³/mol. The Morgan fingerprint density at radius 3 is 2.11 bits per heavy atom. The van der Waals surface area contributed by atoms with E-state index in [0.29, 0.717) is 0 Å².